The van der Waals surface area contributed by atoms with Crippen molar-refractivity contribution < 1.29 is 0 Å². The molecule has 2 aromatic rings. The van der Waals surface area contributed by atoms with E-state index in [-0.39, 0.29) is 0 Å². The van der Waals surface area contributed by atoms with Crippen molar-refractivity contribution in [2.24, 2.45) is 0 Å². The lowest BCUT2D eigenvalue weighted by Crippen LogP contribution is -2.33. The predicted molar refractivity (Wildman–Crippen MR) is 75.6 cm³/mol. The summed E-state index contributed by atoms with van der Waals surface area (Å²) in [6, 6.07) is 12.6. The predicted octanol–water partition coefficient (Wildman–Crippen LogP) is 1.66. The first-order valence-electron chi connectivity index (χ1n) is 6.68. The first-order chi connectivity index (χ1) is 9.31. The van der Waals surface area contributed by atoms with E-state index in [2.05, 4.69) is 45.4 Å². The fourth-order valence-electron chi connectivity index (χ4n) is 2.53. The molecule has 1 aliphatic heterocycles. The summed E-state index contributed by atoms with van der Waals surface area (Å²) in [4.78, 5) is 2.45. The minimum Gasteiger partial charge on any atom is -0.382 e. The van der Waals surface area contributed by atoms with Gasteiger partial charge in [-0.15, -0.1) is 5.10 Å². The topological polar surface area (TPSA) is 55.0 Å². The third-order valence-electron chi connectivity index (χ3n) is 3.60. The molecule has 2 N–H and O–H groups in total. The number of anilines is 1. The number of nitrogen functional groups attached to an aromatic ring is 1. The summed E-state index contributed by atoms with van der Waals surface area (Å²) in [5, 5.41) is 8.09. The van der Waals surface area contributed by atoms with Crippen LogP contribution >= 0.6 is 0 Å². The highest BCUT2D eigenvalue weighted by Crippen LogP contribution is 2.18. The van der Waals surface area contributed by atoms with Gasteiger partial charge in [0.05, 0.1) is 5.69 Å². The summed E-state index contributed by atoms with van der Waals surface area (Å²) < 4.78 is 0. The van der Waals surface area contributed by atoms with E-state index in [0.717, 1.165) is 38.2 Å². The van der Waals surface area contributed by atoms with E-state index in [1.54, 1.807) is 0 Å². The third kappa shape index (κ3) is 2.90. The van der Waals surface area contributed by atoms with Gasteiger partial charge in [-0.1, -0.05) is 30.3 Å². The Bertz CT molecular complexity index is 553. The van der Waals surface area contributed by atoms with Gasteiger partial charge in [0.25, 0.3) is 0 Å². The fraction of sp³-hybridized carbons (Fsp3) is 0.333. The Morgan fingerprint density at radius 3 is 2.84 bits per heavy atom. The molecule has 0 atom stereocenters. The Kier molecular flexibility index (Phi) is 3.42. The Hall–Kier alpha value is -1.94. The van der Waals surface area contributed by atoms with Crippen LogP contribution in [0.3, 0.4) is 0 Å². The normalized spacial score (nSPS) is 15.2. The van der Waals surface area contributed by atoms with E-state index in [1.807, 2.05) is 6.07 Å². The molecule has 0 spiro atoms. The number of nitrogens with two attached hydrogens (primary N) is 1. The van der Waals surface area contributed by atoms with E-state index in [0.29, 0.717) is 5.82 Å². The summed E-state index contributed by atoms with van der Waals surface area (Å²) in [5.74, 6) is 0.517. The van der Waals surface area contributed by atoms with Crippen LogP contribution in [0.1, 0.15) is 16.8 Å². The Morgan fingerprint density at radius 2 is 2.00 bits per heavy atom. The van der Waals surface area contributed by atoms with Crippen LogP contribution in [0, 0.1) is 0 Å². The zero-order chi connectivity index (χ0) is 13.1. The second-order valence-corrected chi connectivity index (χ2v) is 5.00. The molecule has 98 valence electrons. The smallest absolute Gasteiger partial charge is 0.146 e. The first-order valence-corrected chi connectivity index (χ1v) is 6.68. The van der Waals surface area contributed by atoms with Crippen molar-refractivity contribution in [2.45, 2.75) is 19.4 Å². The number of nitrogens with zero attached hydrogens (tertiary/aromatic N) is 3. The zero-order valence-corrected chi connectivity index (χ0v) is 10.9. The van der Waals surface area contributed by atoms with Gasteiger partial charge in [0.15, 0.2) is 0 Å². The van der Waals surface area contributed by atoms with Crippen molar-refractivity contribution in [3.63, 3.8) is 0 Å². The van der Waals surface area contributed by atoms with E-state index >= 15 is 0 Å². The van der Waals surface area contributed by atoms with Crippen molar-refractivity contribution in [3.8, 4) is 0 Å². The monoisotopic (exact) mass is 254 g/mol. The quantitative estimate of drug-likeness (QED) is 0.905. The van der Waals surface area contributed by atoms with Crippen LogP contribution in [0.2, 0.25) is 0 Å². The fourth-order valence-corrected chi connectivity index (χ4v) is 2.53. The maximum absolute atomic E-state index is 5.70. The maximum atomic E-state index is 5.70. The molecule has 0 unspecified atom stereocenters. The molecule has 0 fully saturated rings. The molecule has 4 heteroatoms. The summed E-state index contributed by atoms with van der Waals surface area (Å²) >= 11 is 0. The lowest BCUT2D eigenvalue weighted by molar-refractivity contribution is 0.254. The average molecular weight is 254 g/mol. The van der Waals surface area contributed by atoms with Crippen LogP contribution in [0.5, 0.6) is 0 Å². The molecule has 1 aliphatic rings. The largest absolute Gasteiger partial charge is 0.382 e. The van der Waals surface area contributed by atoms with Crippen LogP contribution < -0.4 is 5.73 Å². The molecule has 1 aromatic carbocycles. The number of hydrogen-bond acceptors (Lipinski definition) is 4. The van der Waals surface area contributed by atoms with Gasteiger partial charge in [-0.25, -0.2) is 0 Å². The molecule has 0 aliphatic carbocycles. The van der Waals surface area contributed by atoms with Gasteiger partial charge in [-0.2, -0.15) is 5.10 Å². The summed E-state index contributed by atoms with van der Waals surface area (Å²) in [6.07, 6.45) is 2.06. The van der Waals surface area contributed by atoms with E-state index in [1.165, 1.54) is 11.1 Å². The van der Waals surface area contributed by atoms with E-state index < -0.39 is 0 Å². The minimum atomic E-state index is 0.517. The lowest BCUT2D eigenvalue weighted by atomic mass is 10.1. The van der Waals surface area contributed by atoms with E-state index in [4.69, 9.17) is 5.73 Å². The zero-order valence-electron chi connectivity index (χ0n) is 10.9. The average Bonchev–Trinajstić information content (AvgIpc) is 2.46. The number of rotatable bonds is 3. The maximum Gasteiger partial charge on any atom is 0.146 e. The second-order valence-electron chi connectivity index (χ2n) is 5.00. The molecule has 19 heavy (non-hydrogen) atoms. The molecular formula is C15H18N4. The standard InChI is InChI=1S/C15H18N4/c16-15-10-13-11-19(9-7-14(13)17-18-15)8-6-12-4-2-1-3-5-12/h1-5,10H,6-9,11H2,(H2,16,18). The molecular weight excluding hydrogens is 236 g/mol. The molecule has 0 saturated heterocycles. The van der Waals surface area contributed by atoms with Crippen molar-refractivity contribution in [1.82, 2.24) is 15.1 Å². The van der Waals surface area contributed by atoms with Gasteiger partial charge in [0, 0.05) is 26.1 Å². The third-order valence-corrected chi connectivity index (χ3v) is 3.60. The van der Waals surface area contributed by atoms with Crippen LogP contribution in [0.15, 0.2) is 36.4 Å². The Morgan fingerprint density at radius 1 is 1.16 bits per heavy atom. The number of hydrogen-bond donors (Lipinski definition) is 1. The SMILES string of the molecule is Nc1cc2c(nn1)CCN(CCc1ccccc1)C2. The highest BCUT2D eigenvalue weighted by atomic mass is 15.2. The highest BCUT2D eigenvalue weighted by Gasteiger charge is 2.17. The first kappa shape index (κ1) is 12.1. The lowest BCUT2D eigenvalue weighted by Gasteiger charge is -2.27. The van der Waals surface area contributed by atoms with Gasteiger partial charge in [-0.05, 0) is 23.6 Å². The minimum absolute atomic E-state index is 0.517. The van der Waals surface area contributed by atoms with Gasteiger partial charge < -0.3 is 5.73 Å². The molecule has 1 aromatic heterocycles. The summed E-state index contributed by atoms with van der Waals surface area (Å²) in [7, 11) is 0. The van der Waals surface area contributed by atoms with Gasteiger partial charge >= 0.3 is 0 Å². The van der Waals surface area contributed by atoms with Crippen LogP contribution in [0.25, 0.3) is 0 Å². The van der Waals surface area contributed by atoms with Crippen LogP contribution in [-0.4, -0.2) is 28.2 Å². The Balaban J connectivity index is 1.62. The van der Waals surface area contributed by atoms with Gasteiger partial charge in [0.2, 0.25) is 0 Å². The summed E-state index contributed by atoms with van der Waals surface area (Å²) in [5.41, 5.74) is 9.42. The van der Waals surface area contributed by atoms with Crippen molar-refractivity contribution >= 4 is 5.82 Å². The molecule has 0 amide bonds. The molecule has 2 heterocycles. The second kappa shape index (κ2) is 5.36. The van der Waals surface area contributed by atoms with Crippen molar-refractivity contribution in [2.75, 3.05) is 18.8 Å². The molecule has 0 saturated carbocycles. The number of aromatic nitrogens is 2. The molecule has 0 bridgehead atoms. The highest BCUT2D eigenvalue weighted by molar-refractivity contribution is 5.34. The van der Waals surface area contributed by atoms with Gasteiger partial charge in [0.1, 0.15) is 5.82 Å². The van der Waals surface area contributed by atoms with Crippen LogP contribution in [-0.2, 0) is 19.4 Å². The van der Waals surface area contributed by atoms with Crippen molar-refractivity contribution in [1.29, 1.82) is 0 Å². The molecule has 0 radical (unpaired) electrons. The van der Waals surface area contributed by atoms with Crippen molar-refractivity contribution in [3.05, 3.63) is 53.2 Å². The van der Waals surface area contributed by atoms with Crippen LogP contribution in [0.4, 0.5) is 5.82 Å². The van der Waals surface area contributed by atoms with Gasteiger partial charge in [-0.3, -0.25) is 4.90 Å². The molecule has 4 nitrogen and oxygen atoms in total. The number of benzene rings is 1. The number of fused-ring (bicyclic) bond motifs is 1. The Labute approximate surface area is 113 Å². The van der Waals surface area contributed by atoms with E-state index in [9.17, 15) is 0 Å². The molecule has 3 rings (SSSR count). The summed E-state index contributed by atoms with van der Waals surface area (Å²) in [6.45, 7) is 3.06.